The van der Waals surface area contributed by atoms with E-state index in [0.717, 1.165) is 27.7 Å². The molecule has 1 fully saturated rings. The molecule has 116 valence electrons. The van der Waals surface area contributed by atoms with Gasteiger partial charge in [0.25, 0.3) is 5.91 Å². The summed E-state index contributed by atoms with van der Waals surface area (Å²) in [5.41, 5.74) is 3.84. The Balaban J connectivity index is 1.89. The quantitative estimate of drug-likeness (QED) is 0.876. The third kappa shape index (κ3) is 2.36. The number of benzene rings is 1. The van der Waals surface area contributed by atoms with Gasteiger partial charge in [0.15, 0.2) is 0 Å². The zero-order valence-electron chi connectivity index (χ0n) is 13.3. The van der Waals surface area contributed by atoms with Crippen LogP contribution in [-0.4, -0.2) is 52.8 Å². The Hall–Kier alpha value is -2.30. The van der Waals surface area contributed by atoms with Crippen molar-refractivity contribution < 1.29 is 9.59 Å². The Morgan fingerprint density at radius 1 is 1.05 bits per heavy atom. The van der Waals surface area contributed by atoms with Crippen LogP contribution in [0.15, 0.2) is 18.2 Å². The van der Waals surface area contributed by atoms with E-state index in [2.05, 4.69) is 4.98 Å². The van der Waals surface area contributed by atoms with Gasteiger partial charge in [-0.3, -0.25) is 9.59 Å². The summed E-state index contributed by atoms with van der Waals surface area (Å²) in [5.74, 6) is 0.128. The van der Waals surface area contributed by atoms with Crippen LogP contribution in [0.2, 0.25) is 0 Å². The Morgan fingerprint density at radius 3 is 2.32 bits per heavy atom. The number of para-hydroxylation sites is 1. The fourth-order valence-corrected chi connectivity index (χ4v) is 3.15. The molecule has 0 radical (unpaired) electrons. The normalized spacial score (nSPS) is 15.4. The lowest BCUT2D eigenvalue weighted by Crippen LogP contribution is -2.50. The van der Waals surface area contributed by atoms with Gasteiger partial charge in [0, 0.05) is 49.7 Å². The molecule has 1 aliphatic rings. The number of rotatable bonds is 1. The van der Waals surface area contributed by atoms with E-state index in [1.807, 2.05) is 36.9 Å². The first-order valence-corrected chi connectivity index (χ1v) is 7.61. The molecule has 2 aromatic rings. The molecule has 5 heteroatoms. The summed E-state index contributed by atoms with van der Waals surface area (Å²) in [7, 11) is 0. The predicted octanol–water partition coefficient (Wildman–Crippen LogP) is 2.09. The van der Waals surface area contributed by atoms with Crippen molar-refractivity contribution in [2.45, 2.75) is 20.8 Å². The average Bonchev–Trinajstić information content (AvgIpc) is 2.84. The van der Waals surface area contributed by atoms with E-state index < -0.39 is 0 Å². The SMILES string of the molecule is CC(=O)N1CCN(C(=O)c2c(C)[nH]c3c(C)cccc23)CC1. The van der Waals surface area contributed by atoms with E-state index in [-0.39, 0.29) is 11.8 Å². The van der Waals surface area contributed by atoms with Gasteiger partial charge in [0.1, 0.15) is 0 Å². The lowest BCUT2D eigenvalue weighted by molar-refractivity contribution is -0.130. The Morgan fingerprint density at radius 2 is 1.68 bits per heavy atom. The predicted molar refractivity (Wildman–Crippen MR) is 85.9 cm³/mol. The van der Waals surface area contributed by atoms with Gasteiger partial charge in [-0.05, 0) is 19.4 Å². The average molecular weight is 299 g/mol. The summed E-state index contributed by atoms with van der Waals surface area (Å²) < 4.78 is 0. The third-order valence-electron chi connectivity index (χ3n) is 4.46. The van der Waals surface area contributed by atoms with E-state index in [1.165, 1.54) is 0 Å². The Bertz CT molecular complexity index is 740. The van der Waals surface area contributed by atoms with Crippen LogP contribution in [0.25, 0.3) is 10.9 Å². The van der Waals surface area contributed by atoms with Crippen LogP contribution in [0.1, 0.15) is 28.5 Å². The molecule has 0 saturated carbocycles. The minimum Gasteiger partial charge on any atom is -0.358 e. The number of carbonyl (C=O) groups excluding carboxylic acids is 2. The molecule has 0 atom stereocenters. The minimum atomic E-state index is 0.0533. The first-order valence-electron chi connectivity index (χ1n) is 7.61. The van der Waals surface area contributed by atoms with Gasteiger partial charge >= 0.3 is 0 Å². The number of nitrogens with zero attached hydrogens (tertiary/aromatic N) is 2. The summed E-state index contributed by atoms with van der Waals surface area (Å²) in [5, 5.41) is 0.983. The summed E-state index contributed by atoms with van der Waals surface area (Å²) >= 11 is 0. The first kappa shape index (κ1) is 14.6. The van der Waals surface area contributed by atoms with Crippen LogP contribution in [0.4, 0.5) is 0 Å². The Labute approximate surface area is 129 Å². The lowest BCUT2D eigenvalue weighted by Gasteiger charge is -2.34. The molecule has 0 aliphatic carbocycles. The van der Waals surface area contributed by atoms with Gasteiger partial charge in [0.05, 0.1) is 5.56 Å². The molecular formula is C17H21N3O2. The molecule has 3 rings (SSSR count). The second-order valence-corrected chi connectivity index (χ2v) is 5.92. The summed E-state index contributed by atoms with van der Waals surface area (Å²) in [4.78, 5) is 31.2. The van der Waals surface area contributed by atoms with Crippen molar-refractivity contribution in [3.8, 4) is 0 Å². The summed E-state index contributed by atoms with van der Waals surface area (Å²) in [6.07, 6.45) is 0. The number of hydrogen-bond acceptors (Lipinski definition) is 2. The van der Waals surface area contributed by atoms with Crippen molar-refractivity contribution in [3.05, 3.63) is 35.0 Å². The number of fused-ring (bicyclic) bond motifs is 1. The maximum absolute atomic E-state index is 12.9. The standard InChI is InChI=1S/C17H21N3O2/c1-11-5-4-6-14-15(12(2)18-16(11)14)17(22)20-9-7-19(8-10-20)13(3)21/h4-6,18H,7-10H2,1-3H3. The maximum Gasteiger partial charge on any atom is 0.256 e. The van der Waals surface area contributed by atoms with Crippen molar-refractivity contribution in [1.29, 1.82) is 0 Å². The van der Waals surface area contributed by atoms with Crippen molar-refractivity contribution in [2.24, 2.45) is 0 Å². The highest BCUT2D eigenvalue weighted by Crippen LogP contribution is 2.26. The first-order chi connectivity index (χ1) is 10.5. The number of hydrogen-bond donors (Lipinski definition) is 1. The van der Waals surface area contributed by atoms with Gasteiger partial charge < -0.3 is 14.8 Å². The maximum atomic E-state index is 12.9. The molecule has 2 heterocycles. The molecule has 1 N–H and O–H groups in total. The van der Waals surface area contributed by atoms with Gasteiger partial charge in [-0.15, -0.1) is 0 Å². The number of aromatic nitrogens is 1. The number of carbonyl (C=O) groups is 2. The van der Waals surface area contributed by atoms with Crippen molar-refractivity contribution in [2.75, 3.05) is 26.2 Å². The van der Waals surface area contributed by atoms with Crippen LogP contribution >= 0.6 is 0 Å². The van der Waals surface area contributed by atoms with Crippen LogP contribution in [-0.2, 0) is 4.79 Å². The molecule has 1 aliphatic heterocycles. The van der Waals surface area contributed by atoms with Crippen LogP contribution in [0.3, 0.4) is 0 Å². The van der Waals surface area contributed by atoms with E-state index in [9.17, 15) is 9.59 Å². The van der Waals surface area contributed by atoms with E-state index >= 15 is 0 Å². The highest BCUT2D eigenvalue weighted by Gasteiger charge is 2.26. The molecule has 5 nitrogen and oxygen atoms in total. The fourth-order valence-electron chi connectivity index (χ4n) is 3.15. The molecule has 22 heavy (non-hydrogen) atoms. The molecular weight excluding hydrogens is 278 g/mol. The molecule has 1 aromatic heterocycles. The zero-order chi connectivity index (χ0) is 15.9. The van der Waals surface area contributed by atoms with E-state index in [4.69, 9.17) is 0 Å². The molecule has 2 amide bonds. The van der Waals surface area contributed by atoms with E-state index in [1.54, 1.807) is 11.8 Å². The molecule has 0 bridgehead atoms. The lowest BCUT2D eigenvalue weighted by atomic mass is 10.1. The number of H-pyrrole nitrogens is 1. The number of piperazine rings is 1. The van der Waals surface area contributed by atoms with Crippen LogP contribution in [0.5, 0.6) is 0 Å². The molecule has 1 saturated heterocycles. The van der Waals surface area contributed by atoms with Crippen molar-refractivity contribution in [1.82, 2.24) is 14.8 Å². The molecule has 0 spiro atoms. The summed E-state index contributed by atoms with van der Waals surface area (Å²) in [6, 6.07) is 6.01. The molecule has 1 aromatic carbocycles. The summed E-state index contributed by atoms with van der Waals surface area (Å²) in [6.45, 7) is 7.97. The van der Waals surface area contributed by atoms with Crippen LogP contribution < -0.4 is 0 Å². The van der Waals surface area contributed by atoms with Gasteiger partial charge in [-0.2, -0.15) is 0 Å². The van der Waals surface area contributed by atoms with Gasteiger partial charge in [-0.25, -0.2) is 0 Å². The second kappa shape index (κ2) is 5.48. The number of nitrogens with one attached hydrogen (secondary N) is 1. The fraction of sp³-hybridized carbons (Fsp3) is 0.412. The number of amides is 2. The zero-order valence-corrected chi connectivity index (χ0v) is 13.3. The monoisotopic (exact) mass is 299 g/mol. The third-order valence-corrected chi connectivity index (χ3v) is 4.46. The largest absolute Gasteiger partial charge is 0.358 e. The highest BCUT2D eigenvalue weighted by atomic mass is 16.2. The van der Waals surface area contributed by atoms with Gasteiger partial charge in [0.2, 0.25) is 5.91 Å². The Kier molecular flexibility index (Phi) is 3.64. The van der Waals surface area contributed by atoms with E-state index in [0.29, 0.717) is 26.2 Å². The van der Waals surface area contributed by atoms with Crippen LogP contribution in [0, 0.1) is 13.8 Å². The smallest absolute Gasteiger partial charge is 0.256 e. The second-order valence-electron chi connectivity index (χ2n) is 5.92. The number of aromatic amines is 1. The van der Waals surface area contributed by atoms with Crippen molar-refractivity contribution in [3.63, 3.8) is 0 Å². The van der Waals surface area contributed by atoms with Gasteiger partial charge in [-0.1, -0.05) is 18.2 Å². The minimum absolute atomic E-state index is 0.0533. The topological polar surface area (TPSA) is 56.4 Å². The van der Waals surface area contributed by atoms with Crippen molar-refractivity contribution >= 4 is 22.7 Å². The molecule has 0 unspecified atom stereocenters. The number of aryl methyl sites for hydroxylation is 2. The highest BCUT2D eigenvalue weighted by molar-refractivity contribution is 6.08.